The standard InChI is InChI=1S/C22H17N3O/c1-2-7-16(8-3-1)20-14-26-22(24-20)17-9-6-10-18(13-17)25-15-23-19-11-4-5-12-21(19)25/h1-13,15,20H,14H2. The predicted molar refractivity (Wildman–Crippen MR) is 103 cm³/mol. The maximum absolute atomic E-state index is 5.89. The summed E-state index contributed by atoms with van der Waals surface area (Å²) in [5.74, 6) is 0.699. The van der Waals surface area contributed by atoms with Gasteiger partial charge in [0.2, 0.25) is 5.90 Å². The lowest BCUT2D eigenvalue weighted by Gasteiger charge is -2.07. The molecular formula is C22H17N3O. The van der Waals surface area contributed by atoms with Gasteiger partial charge in [0.05, 0.1) is 11.0 Å². The number of nitrogens with zero attached hydrogens (tertiary/aromatic N) is 3. The summed E-state index contributed by atoms with van der Waals surface area (Å²) in [7, 11) is 0. The first-order chi connectivity index (χ1) is 12.9. The van der Waals surface area contributed by atoms with Crippen LogP contribution in [0.25, 0.3) is 16.7 Å². The van der Waals surface area contributed by atoms with Crippen LogP contribution in [-0.4, -0.2) is 22.1 Å². The molecule has 4 heteroatoms. The lowest BCUT2D eigenvalue weighted by Crippen LogP contribution is -2.02. The van der Waals surface area contributed by atoms with Crippen LogP contribution in [0.15, 0.2) is 90.2 Å². The number of hydrogen-bond donors (Lipinski definition) is 0. The number of aromatic nitrogens is 2. The topological polar surface area (TPSA) is 39.4 Å². The molecule has 0 radical (unpaired) electrons. The van der Waals surface area contributed by atoms with Crippen molar-refractivity contribution in [1.29, 1.82) is 0 Å². The van der Waals surface area contributed by atoms with Crippen molar-refractivity contribution < 1.29 is 4.74 Å². The zero-order valence-corrected chi connectivity index (χ0v) is 14.1. The molecule has 26 heavy (non-hydrogen) atoms. The van der Waals surface area contributed by atoms with Gasteiger partial charge in [-0.15, -0.1) is 0 Å². The molecule has 0 aliphatic carbocycles. The van der Waals surface area contributed by atoms with E-state index in [1.165, 1.54) is 5.56 Å². The van der Waals surface area contributed by atoms with Crippen molar-refractivity contribution in [3.63, 3.8) is 0 Å². The number of benzene rings is 3. The van der Waals surface area contributed by atoms with Gasteiger partial charge in [0.15, 0.2) is 0 Å². The van der Waals surface area contributed by atoms with Gasteiger partial charge in [0.1, 0.15) is 19.0 Å². The molecule has 2 heterocycles. The zero-order chi connectivity index (χ0) is 17.3. The Balaban J connectivity index is 1.51. The summed E-state index contributed by atoms with van der Waals surface area (Å²) >= 11 is 0. The van der Waals surface area contributed by atoms with Crippen LogP contribution >= 0.6 is 0 Å². The largest absolute Gasteiger partial charge is 0.475 e. The first kappa shape index (κ1) is 14.9. The average molecular weight is 339 g/mol. The predicted octanol–water partition coefficient (Wildman–Crippen LogP) is 4.54. The van der Waals surface area contributed by atoms with Crippen LogP contribution in [0.2, 0.25) is 0 Å². The zero-order valence-electron chi connectivity index (χ0n) is 14.1. The lowest BCUT2D eigenvalue weighted by atomic mass is 10.1. The second kappa shape index (κ2) is 6.15. The van der Waals surface area contributed by atoms with Crippen molar-refractivity contribution in [1.82, 2.24) is 9.55 Å². The molecule has 1 unspecified atom stereocenters. The molecule has 0 amide bonds. The second-order valence-electron chi connectivity index (χ2n) is 6.33. The quantitative estimate of drug-likeness (QED) is 0.549. The number of fused-ring (bicyclic) bond motifs is 1. The van der Waals surface area contributed by atoms with Crippen LogP contribution in [-0.2, 0) is 4.74 Å². The van der Waals surface area contributed by atoms with E-state index in [0.717, 1.165) is 22.3 Å². The monoisotopic (exact) mass is 339 g/mol. The second-order valence-corrected chi connectivity index (χ2v) is 6.33. The molecule has 3 aromatic carbocycles. The average Bonchev–Trinajstić information content (AvgIpc) is 3.36. The lowest BCUT2D eigenvalue weighted by molar-refractivity contribution is 0.320. The molecule has 0 saturated heterocycles. The molecule has 4 aromatic rings. The molecule has 1 aliphatic heterocycles. The van der Waals surface area contributed by atoms with E-state index in [1.54, 1.807) is 0 Å². The molecule has 0 N–H and O–H groups in total. The van der Waals surface area contributed by atoms with Gasteiger partial charge in [-0.1, -0.05) is 48.5 Å². The molecule has 0 bridgehead atoms. The van der Waals surface area contributed by atoms with E-state index in [1.807, 2.05) is 54.9 Å². The molecule has 1 aromatic heterocycles. The minimum atomic E-state index is 0.0592. The molecule has 4 nitrogen and oxygen atoms in total. The summed E-state index contributed by atoms with van der Waals surface area (Å²) in [6.07, 6.45) is 1.86. The Morgan fingerprint density at radius 3 is 2.65 bits per heavy atom. The third kappa shape index (κ3) is 2.56. The minimum absolute atomic E-state index is 0.0592. The molecule has 1 atom stereocenters. The third-order valence-corrected chi connectivity index (χ3v) is 4.66. The van der Waals surface area contributed by atoms with Crippen LogP contribution in [0.1, 0.15) is 17.2 Å². The number of rotatable bonds is 3. The van der Waals surface area contributed by atoms with Crippen LogP contribution in [0, 0.1) is 0 Å². The summed E-state index contributed by atoms with van der Waals surface area (Å²) in [6.45, 7) is 0.581. The number of hydrogen-bond acceptors (Lipinski definition) is 3. The highest BCUT2D eigenvalue weighted by atomic mass is 16.5. The van der Waals surface area contributed by atoms with E-state index < -0.39 is 0 Å². The van der Waals surface area contributed by atoms with E-state index in [9.17, 15) is 0 Å². The van der Waals surface area contributed by atoms with Crippen LogP contribution in [0.4, 0.5) is 0 Å². The van der Waals surface area contributed by atoms with Gasteiger partial charge in [-0.05, 0) is 35.9 Å². The van der Waals surface area contributed by atoms with Crippen molar-refractivity contribution in [2.45, 2.75) is 6.04 Å². The van der Waals surface area contributed by atoms with Crippen LogP contribution in [0.5, 0.6) is 0 Å². The summed E-state index contributed by atoms with van der Waals surface area (Å²) < 4.78 is 7.98. The molecule has 126 valence electrons. The minimum Gasteiger partial charge on any atom is -0.475 e. The normalized spacial score (nSPS) is 16.5. The Hall–Kier alpha value is -3.40. The van der Waals surface area contributed by atoms with Gasteiger partial charge in [-0.2, -0.15) is 0 Å². The van der Waals surface area contributed by atoms with Gasteiger partial charge in [0.25, 0.3) is 0 Å². The van der Waals surface area contributed by atoms with Gasteiger partial charge in [-0.3, -0.25) is 4.57 Å². The SMILES string of the molecule is c1ccc(C2COC(c3cccc(-n4cnc5ccccc54)c3)=N2)cc1. The van der Waals surface area contributed by atoms with Crippen molar-refractivity contribution in [2.24, 2.45) is 4.99 Å². The highest BCUT2D eigenvalue weighted by Crippen LogP contribution is 2.26. The fraction of sp³-hybridized carbons (Fsp3) is 0.0909. The van der Waals surface area contributed by atoms with Gasteiger partial charge in [0, 0.05) is 11.3 Å². The molecule has 0 fully saturated rings. The van der Waals surface area contributed by atoms with Gasteiger partial charge >= 0.3 is 0 Å². The Morgan fingerprint density at radius 2 is 1.73 bits per heavy atom. The Kier molecular flexibility index (Phi) is 3.53. The van der Waals surface area contributed by atoms with E-state index in [0.29, 0.717) is 12.5 Å². The Labute approximate surface area is 151 Å². The molecule has 5 rings (SSSR count). The summed E-state index contributed by atoms with van der Waals surface area (Å²) in [5, 5.41) is 0. The van der Waals surface area contributed by atoms with E-state index in [2.05, 4.69) is 39.9 Å². The maximum atomic E-state index is 5.89. The highest BCUT2D eigenvalue weighted by molar-refractivity contribution is 5.96. The van der Waals surface area contributed by atoms with Crippen molar-refractivity contribution in [3.05, 3.63) is 96.3 Å². The fourth-order valence-electron chi connectivity index (χ4n) is 3.33. The van der Waals surface area contributed by atoms with E-state index >= 15 is 0 Å². The van der Waals surface area contributed by atoms with Gasteiger partial charge in [-0.25, -0.2) is 9.98 Å². The fourth-order valence-corrected chi connectivity index (χ4v) is 3.33. The summed E-state index contributed by atoms with van der Waals surface area (Å²) in [4.78, 5) is 9.26. The molecule has 0 saturated carbocycles. The van der Waals surface area contributed by atoms with Crippen molar-refractivity contribution in [3.8, 4) is 5.69 Å². The van der Waals surface area contributed by atoms with Crippen molar-refractivity contribution in [2.75, 3.05) is 6.61 Å². The number of para-hydroxylation sites is 2. The highest BCUT2D eigenvalue weighted by Gasteiger charge is 2.21. The third-order valence-electron chi connectivity index (χ3n) is 4.66. The van der Waals surface area contributed by atoms with Crippen LogP contribution < -0.4 is 0 Å². The number of imidazole rings is 1. The summed E-state index contributed by atoms with van der Waals surface area (Å²) in [5.41, 5.74) is 5.28. The van der Waals surface area contributed by atoms with E-state index in [4.69, 9.17) is 9.73 Å². The molecule has 0 spiro atoms. The van der Waals surface area contributed by atoms with E-state index in [-0.39, 0.29) is 6.04 Å². The maximum Gasteiger partial charge on any atom is 0.216 e. The number of aliphatic imine (C=N–C) groups is 1. The van der Waals surface area contributed by atoms with Crippen LogP contribution in [0.3, 0.4) is 0 Å². The Bertz CT molecular complexity index is 1100. The number of ether oxygens (including phenoxy) is 1. The summed E-state index contributed by atoms with van der Waals surface area (Å²) in [6, 6.07) is 26.7. The Morgan fingerprint density at radius 1 is 0.885 bits per heavy atom. The molecular weight excluding hydrogens is 322 g/mol. The van der Waals surface area contributed by atoms with Crippen molar-refractivity contribution >= 4 is 16.9 Å². The smallest absolute Gasteiger partial charge is 0.216 e. The first-order valence-corrected chi connectivity index (χ1v) is 8.67. The first-order valence-electron chi connectivity index (χ1n) is 8.67. The molecule has 1 aliphatic rings. The van der Waals surface area contributed by atoms with Gasteiger partial charge < -0.3 is 4.74 Å².